The average molecular weight is 246 g/mol. The summed E-state index contributed by atoms with van der Waals surface area (Å²) in [4.78, 5) is 10.9. The third-order valence-corrected chi connectivity index (χ3v) is 2.73. The number of hydrogen-bond acceptors (Lipinski definition) is 2. The van der Waals surface area contributed by atoms with Gasteiger partial charge in [-0.05, 0) is 24.0 Å². The molecule has 1 rings (SSSR count). The molecule has 0 aliphatic rings. The minimum atomic E-state index is -0.218. The lowest BCUT2D eigenvalue weighted by molar-refractivity contribution is -0.140. The molecule has 1 aromatic rings. The molecule has 0 saturated heterocycles. The van der Waals surface area contributed by atoms with E-state index in [9.17, 15) is 4.79 Å². The monoisotopic (exact) mass is 246 g/mol. The summed E-state index contributed by atoms with van der Waals surface area (Å²) in [7, 11) is 0. The predicted octanol–water partition coefficient (Wildman–Crippen LogP) is 3.91. The van der Waals surface area contributed by atoms with E-state index in [0.29, 0.717) is 6.61 Å². The lowest BCUT2D eigenvalue weighted by Crippen LogP contribution is -2.05. The van der Waals surface area contributed by atoms with Crippen molar-refractivity contribution in [3.63, 3.8) is 0 Å². The van der Waals surface area contributed by atoms with Gasteiger partial charge in [0.1, 0.15) is 6.61 Å². The molecular formula is C16H22O2. The summed E-state index contributed by atoms with van der Waals surface area (Å²) in [6, 6.07) is 10.3. The predicted molar refractivity (Wildman–Crippen MR) is 74.4 cm³/mol. The van der Waals surface area contributed by atoms with Crippen molar-refractivity contribution in [2.24, 2.45) is 0 Å². The van der Waals surface area contributed by atoms with Crippen molar-refractivity contribution < 1.29 is 9.53 Å². The third kappa shape index (κ3) is 6.24. The van der Waals surface area contributed by atoms with Crippen LogP contribution in [0.3, 0.4) is 0 Å². The smallest absolute Gasteiger partial charge is 0.302 e. The van der Waals surface area contributed by atoms with E-state index in [1.165, 1.54) is 30.9 Å². The molecule has 0 fully saturated rings. The highest BCUT2D eigenvalue weighted by molar-refractivity contribution is 5.66. The Bertz CT molecular complexity index is 379. The molecule has 18 heavy (non-hydrogen) atoms. The highest BCUT2D eigenvalue weighted by atomic mass is 16.5. The fourth-order valence-corrected chi connectivity index (χ4v) is 1.74. The average Bonchev–Trinajstić information content (AvgIpc) is 2.37. The Balaban J connectivity index is 2.59. The van der Waals surface area contributed by atoms with E-state index in [1.54, 1.807) is 0 Å². The van der Waals surface area contributed by atoms with Gasteiger partial charge in [-0.25, -0.2) is 0 Å². The maximum Gasteiger partial charge on any atom is 0.302 e. The number of allylic oxidation sites excluding steroid dienone is 1. The van der Waals surface area contributed by atoms with Crippen LogP contribution in [-0.2, 0) is 16.0 Å². The van der Waals surface area contributed by atoms with Crippen LogP contribution in [-0.4, -0.2) is 12.6 Å². The normalized spacial score (nSPS) is 11.3. The van der Waals surface area contributed by atoms with Crippen molar-refractivity contribution in [1.82, 2.24) is 0 Å². The van der Waals surface area contributed by atoms with E-state index in [0.717, 1.165) is 12.8 Å². The van der Waals surface area contributed by atoms with Crippen LogP contribution < -0.4 is 0 Å². The number of esters is 1. The number of hydrogen-bond donors (Lipinski definition) is 0. The molecule has 0 atom stereocenters. The van der Waals surface area contributed by atoms with Gasteiger partial charge in [0.15, 0.2) is 0 Å². The molecule has 0 saturated carbocycles. The molecule has 0 bridgehead atoms. The van der Waals surface area contributed by atoms with Crippen molar-refractivity contribution in [3.05, 3.63) is 47.5 Å². The molecule has 0 heterocycles. The van der Waals surface area contributed by atoms with Crippen molar-refractivity contribution in [2.45, 2.75) is 39.5 Å². The van der Waals surface area contributed by atoms with Crippen LogP contribution in [0, 0.1) is 0 Å². The second-order valence-electron chi connectivity index (χ2n) is 4.45. The fraction of sp³-hybridized carbons (Fsp3) is 0.438. The summed E-state index contributed by atoms with van der Waals surface area (Å²) in [5.41, 5.74) is 2.44. The van der Waals surface area contributed by atoms with Gasteiger partial charge in [0, 0.05) is 6.92 Å². The number of carbonyl (C=O) groups is 1. The maximum absolute atomic E-state index is 10.9. The van der Waals surface area contributed by atoms with Gasteiger partial charge in [-0.2, -0.15) is 0 Å². The molecule has 98 valence electrons. The number of benzene rings is 1. The Hall–Kier alpha value is -1.57. The number of ether oxygens (including phenoxy) is 1. The van der Waals surface area contributed by atoms with Gasteiger partial charge in [-0.1, -0.05) is 56.2 Å². The molecule has 2 heteroatoms. The van der Waals surface area contributed by atoms with Crippen molar-refractivity contribution in [3.8, 4) is 0 Å². The SMILES string of the molecule is CCCCC=C(COC(C)=O)Cc1ccccc1. The molecule has 2 nitrogen and oxygen atoms in total. The van der Waals surface area contributed by atoms with Crippen LogP contribution in [0.25, 0.3) is 0 Å². The van der Waals surface area contributed by atoms with E-state index in [2.05, 4.69) is 25.1 Å². The second kappa shape index (κ2) is 8.51. The number of carbonyl (C=O) groups excluding carboxylic acids is 1. The first kappa shape index (κ1) is 14.5. The standard InChI is InChI=1S/C16H22O2/c1-3-4-6-11-16(13-18-14(2)17)12-15-9-7-5-8-10-15/h5,7-11H,3-4,6,12-13H2,1-2H3. The molecule has 0 aromatic heterocycles. The molecule has 0 N–H and O–H groups in total. The zero-order valence-corrected chi connectivity index (χ0v) is 11.3. The molecule has 1 aromatic carbocycles. The van der Waals surface area contributed by atoms with Gasteiger partial charge in [0.25, 0.3) is 0 Å². The van der Waals surface area contributed by atoms with E-state index in [1.807, 2.05) is 18.2 Å². The molecular weight excluding hydrogens is 224 g/mol. The summed E-state index contributed by atoms with van der Waals surface area (Å²) in [5, 5.41) is 0. The van der Waals surface area contributed by atoms with Crippen molar-refractivity contribution in [1.29, 1.82) is 0 Å². The van der Waals surface area contributed by atoms with Gasteiger partial charge in [0.2, 0.25) is 0 Å². The lowest BCUT2D eigenvalue weighted by atomic mass is 10.0. The summed E-state index contributed by atoms with van der Waals surface area (Å²) in [6.45, 7) is 4.04. The van der Waals surface area contributed by atoms with Crippen LogP contribution in [0.1, 0.15) is 38.7 Å². The van der Waals surface area contributed by atoms with E-state index in [4.69, 9.17) is 4.74 Å². The second-order valence-corrected chi connectivity index (χ2v) is 4.45. The van der Waals surface area contributed by atoms with Gasteiger partial charge >= 0.3 is 5.97 Å². The Labute approximate surface area is 110 Å². The topological polar surface area (TPSA) is 26.3 Å². The molecule has 0 unspecified atom stereocenters. The molecule has 0 spiro atoms. The first-order valence-electron chi connectivity index (χ1n) is 6.57. The zero-order valence-electron chi connectivity index (χ0n) is 11.3. The summed E-state index contributed by atoms with van der Waals surface area (Å²) in [6.07, 6.45) is 6.48. The van der Waals surface area contributed by atoms with Crippen LogP contribution in [0.5, 0.6) is 0 Å². The van der Waals surface area contributed by atoms with Crippen LogP contribution in [0.4, 0.5) is 0 Å². The van der Waals surface area contributed by atoms with Crippen molar-refractivity contribution >= 4 is 5.97 Å². The van der Waals surface area contributed by atoms with E-state index < -0.39 is 0 Å². The quantitative estimate of drug-likeness (QED) is 0.414. The zero-order chi connectivity index (χ0) is 13.2. The Morgan fingerprint density at radius 3 is 2.61 bits per heavy atom. The first-order valence-corrected chi connectivity index (χ1v) is 6.57. The number of unbranched alkanes of at least 4 members (excludes halogenated alkanes) is 2. The summed E-state index contributed by atoms with van der Waals surface area (Å²) in [5.74, 6) is -0.218. The van der Waals surface area contributed by atoms with Gasteiger partial charge in [-0.3, -0.25) is 4.79 Å². The summed E-state index contributed by atoms with van der Waals surface area (Å²) < 4.78 is 5.10. The Morgan fingerprint density at radius 1 is 1.28 bits per heavy atom. The van der Waals surface area contributed by atoms with Crippen molar-refractivity contribution in [2.75, 3.05) is 6.61 Å². The molecule has 0 aliphatic heterocycles. The minimum Gasteiger partial charge on any atom is -0.461 e. The fourth-order valence-electron chi connectivity index (χ4n) is 1.74. The van der Waals surface area contributed by atoms with Crippen LogP contribution >= 0.6 is 0 Å². The Kier molecular flexibility index (Phi) is 6.85. The van der Waals surface area contributed by atoms with E-state index in [-0.39, 0.29) is 5.97 Å². The molecule has 0 radical (unpaired) electrons. The highest BCUT2D eigenvalue weighted by Crippen LogP contribution is 2.10. The third-order valence-electron chi connectivity index (χ3n) is 2.73. The van der Waals surface area contributed by atoms with Gasteiger partial charge < -0.3 is 4.74 Å². The maximum atomic E-state index is 10.9. The molecule has 0 aliphatic carbocycles. The Morgan fingerprint density at radius 2 is 2.00 bits per heavy atom. The molecule has 0 amide bonds. The highest BCUT2D eigenvalue weighted by Gasteiger charge is 2.02. The largest absolute Gasteiger partial charge is 0.461 e. The van der Waals surface area contributed by atoms with Gasteiger partial charge in [-0.15, -0.1) is 0 Å². The van der Waals surface area contributed by atoms with Gasteiger partial charge in [0.05, 0.1) is 0 Å². The number of rotatable bonds is 7. The van der Waals surface area contributed by atoms with E-state index >= 15 is 0 Å². The van der Waals surface area contributed by atoms with Crippen LogP contribution in [0.15, 0.2) is 42.0 Å². The summed E-state index contributed by atoms with van der Waals surface area (Å²) >= 11 is 0. The lowest BCUT2D eigenvalue weighted by Gasteiger charge is -2.08. The first-order chi connectivity index (χ1) is 8.72. The van der Waals surface area contributed by atoms with Crippen LogP contribution in [0.2, 0.25) is 0 Å². The minimum absolute atomic E-state index is 0.218.